The Morgan fingerprint density at radius 2 is 1.76 bits per heavy atom. The zero-order chi connectivity index (χ0) is 17.3. The number of anilines is 1. The van der Waals surface area contributed by atoms with Gasteiger partial charge in [-0.25, -0.2) is 4.98 Å². The molecule has 3 rings (SSSR count). The van der Waals surface area contributed by atoms with Gasteiger partial charge < -0.3 is 10.6 Å². The Morgan fingerprint density at radius 1 is 0.920 bits per heavy atom. The Kier molecular flexibility index (Phi) is 5.72. The van der Waals surface area contributed by atoms with Crippen molar-refractivity contribution in [1.29, 1.82) is 0 Å². The van der Waals surface area contributed by atoms with Crippen LogP contribution in [-0.2, 0) is 13.0 Å². The standard InChI is InChI=1S/C20H20N4O/c25-20(24-15-17-8-4-5-12-21-17)19-10-9-18(14-23-19)22-13-11-16-6-2-1-3-7-16/h1-10,12,14,22H,11,13,15H2,(H,24,25). The number of aromatic nitrogens is 2. The number of nitrogens with zero attached hydrogens (tertiary/aromatic N) is 2. The highest BCUT2D eigenvalue weighted by atomic mass is 16.1. The third kappa shape index (κ3) is 5.14. The van der Waals surface area contributed by atoms with Gasteiger partial charge in [-0.1, -0.05) is 36.4 Å². The van der Waals surface area contributed by atoms with Gasteiger partial charge in [-0.2, -0.15) is 0 Å². The van der Waals surface area contributed by atoms with Crippen molar-refractivity contribution in [2.75, 3.05) is 11.9 Å². The van der Waals surface area contributed by atoms with Crippen molar-refractivity contribution in [2.45, 2.75) is 13.0 Å². The molecule has 25 heavy (non-hydrogen) atoms. The molecule has 0 saturated heterocycles. The first-order valence-corrected chi connectivity index (χ1v) is 8.23. The Labute approximate surface area is 147 Å². The van der Waals surface area contributed by atoms with Crippen molar-refractivity contribution < 1.29 is 4.79 Å². The fraction of sp³-hybridized carbons (Fsp3) is 0.150. The smallest absolute Gasteiger partial charge is 0.270 e. The molecule has 0 atom stereocenters. The van der Waals surface area contributed by atoms with E-state index in [4.69, 9.17) is 0 Å². The summed E-state index contributed by atoms with van der Waals surface area (Å²) in [5.41, 5.74) is 3.39. The molecule has 5 heteroatoms. The molecule has 0 aliphatic rings. The molecule has 126 valence electrons. The third-order valence-electron chi connectivity index (χ3n) is 3.74. The van der Waals surface area contributed by atoms with Crippen LogP contribution in [0.25, 0.3) is 0 Å². The molecule has 0 spiro atoms. The largest absolute Gasteiger partial charge is 0.383 e. The first kappa shape index (κ1) is 16.6. The number of amides is 1. The molecule has 1 aromatic carbocycles. The van der Waals surface area contributed by atoms with Crippen molar-refractivity contribution in [3.63, 3.8) is 0 Å². The number of benzene rings is 1. The number of rotatable bonds is 7. The van der Waals surface area contributed by atoms with Crippen LogP contribution in [0.2, 0.25) is 0 Å². The molecule has 0 bridgehead atoms. The summed E-state index contributed by atoms with van der Waals surface area (Å²) in [5.74, 6) is -0.207. The van der Waals surface area contributed by atoms with Gasteiger partial charge in [-0.3, -0.25) is 9.78 Å². The fourth-order valence-electron chi connectivity index (χ4n) is 2.39. The van der Waals surface area contributed by atoms with E-state index in [1.54, 1.807) is 18.5 Å². The van der Waals surface area contributed by atoms with Gasteiger partial charge in [0.1, 0.15) is 5.69 Å². The summed E-state index contributed by atoms with van der Waals surface area (Å²) in [4.78, 5) is 20.5. The quantitative estimate of drug-likeness (QED) is 0.698. The van der Waals surface area contributed by atoms with Crippen LogP contribution < -0.4 is 10.6 Å². The monoisotopic (exact) mass is 332 g/mol. The number of hydrogen-bond acceptors (Lipinski definition) is 4. The molecular weight excluding hydrogens is 312 g/mol. The van der Waals surface area contributed by atoms with Crippen LogP contribution in [0.3, 0.4) is 0 Å². The van der Waals surface area contributed by atoms with Crippen LogP contribution in [0.5, 0.6) is 0 Å². The molecule has 3 aromatic rings. The second-order valence-electron chi connectivity index (χ2n) is 5.60. The van der Waals surface area contributed by atoms with Crippen LogP contribution in [0, 0.1) is 0 Å². The highest BCUT2D eigenvalue weighted by Gasteiger charge is 2.07. The average Bonchev–Trinajstić information content (AvgIpc) is 2.68. The van der Waals surface area contributed by atoms with Crippen LogP contribution in [-0.4, -0.2) is 22.4 Å². The maximum Gasteiger partial charge on any atom is 0.270 e. The minimum Gasteiger partial charge on any atom is -0.383 e. The van der Waals surface area contributed by atoms with E-state index in [0.29, 0.717) is 12.2 Å². The summed E-state index contributed by atoms with van der Waals surface area (Å²) in [7, 11) is 0. The number of carbonyl (C=O) groups is 1. The molecule has 1 amide bonds. The van der Waals surface area contributed by atoms with Crippen molar-refractivity contribution in [1.82, 2.24) is 15.3 Å². The predicted octanol–water partition coefficient (Wildman–Crippen LogP) is 3.06. The first-order valence-electron chi connectivity index (χ1n) is 8.23. The van der Waals surface area contributed by atoms with Gasteiger partial charge in [0, 0.05) is 12.7 Å². The topological polar surface area (TPSA) is 66.9 Å². The lowest BCUT2D eigenvalue weighted by atomic mass is 10.1. The average molecular weight is 332 g/mol. The minimum atomic E-state index is -0.207. The van der Waals surface area contributed by atoms with E-state index in [-0.39, 0.29) is 5.91 Å². The van der Waals surface area contributed by atoms with Crippen molar-refractivity contribution >= 4 is 11.6 Å². The minimum absolute atomic E-state index is 0.207. The SMILES string of the molecule is O=C(NCc1ccccn1)c1ccc(NCCc2ccccc2)cn1. The van der Waals surface area contributed by atoms with E-state index < -0.39 is 0 Å². The van der Waals surface area contributed by atoms with Gasteiger partial charge in [0.2, 0.25) is 0 Å². The second-order valence-corrected chi connectivity index (χ2v) is 5.60. The van der Waals surface area contributed by atoms with Gasteiger partial charge in [-0.05, 0) is 36.2 Å². The van der Waals surface area contributed by atoms with Gasteiger partial charge >= 0.3 is 0 Å². The molecule has 0 fully saturated rings. The van der Waals surface area contributed by atoms with Crippen molar-refractivity contribution in [3.05, 3.63) is 90.0 Å². The number of carbonyl (C=O) groups excluding carboxylic acids is 1. The molecule has 0 saturated carbocycles. The summed E-state index contributed by atoms with van der Waals surface area (Å²) in [6.45, 7) is 1.20. The predicted molar refractivity (Wildman–Crippen MR) is 98.3 cm³/mol. The molecule has 2 aromatic heterocycles. The van der Waals surface area contributed by atoms with Gasteiger partial charge in [0.25, 0.3) is 5.91 Å². The summed E-state index contributed by atoms with van der Waals surface area (Å²) >= 11 is 0. The molecule has 2 heterocycles. The van der Waals surface area contributed by atoms with Crippen LogP contribution >= 0.6 is 0 Å². The van der Waals surface area contributed by atoms with Crippen LogP contribution in [0.15, 0.2) is 73.1 Å². The maximum atomic E-state index is 12.1. The third-order valence-corrected chi connectivity index (χ3v) is 3.74. The van der Waals surface area contributed by atoms with Gasteiger partial charge in [0.05, 0.1) is 24.1 Å². The lowest BCUT2D eigenvalue weighted by molar-refractivity contribution is 0.0945. The van der Waals surface area contributed by atoms with Crippen LogP contribution in [0.4, 0.5) is 5.69 Å². The Morgan fingerprint density at radius 3 is 2.48 bits per heavy atom. The Hall–Kier alpha value is -3.21. The molecule has 0 unspecified atom stereocenters. The van der Waals surface area contributed by atoms with Crippen LogP contribution in [0.1, 0.15) is 21.7 Å². The molecule has 0 aliphatic heterocycles. The first-order chi connectivity index (χ1) is 12.3. The van der Waals surface area contributed by atoms with Gasteiger partial charge in [0.15, 0.2) is 0 Å². The van der Waals surface area contributed by atoms with Gasteiger partial charge in [-0.15, -0.1) is 0 Å². The van der Waals surface area contributed by atoms with E-state index in [0.717, 1.165) is 24.3 Å². The summed E-state index contributed by atoms with van der Waals surface area (Å²) in [6.07, 6.45) is 4.32. The highest BCUT2D eigenvalue weighted by Crippen LogP contribution is 2.07. The highest BCUT2D eigenvalue weighted by molar-refractivity contribution is 5.92. The van der Waals surface area contributed by atoms with Crippen molar-refractivity contribution in [3.8, 4) is 0 Å². The zero-order valence-corrected chi connectivity index (χ0v) is 13.9. The van der Waals surface area contributed by atoms with E-state index in [2.05, 4.69) is 32.7 Å². The zero-order valence-electron chi connectivity index (χ0n) is 13.9. The number of pyridine rings is 2. The molecular formula is C20H20N4O. The van der Waals surface area contributed by atoms with E-state index in [1.165, 1.54) is 5.56 Å². The Bertz CT molecular complexity index is 789. The molecule has 5 nitrogen and oxygen atoms in total. The van der Waals surface area contributed by atoms with E-state index in [1.807, 2.05) is 42.5 Å². The molecule has 0 aliphatic carbocycles. The number of nitrogens with one attached hydrogen (secondary N) is 2. The van der Waals surface area contributed by atoms with E-state index >= 15 is 0 Å². The second kappa shape index (κ2) is 8.59. The van der Waals surface area contributed by atoms with Crippen molar-refractivity contribution in [2.24, 2.45) is 0 Å². The lowest BCUT2D eigenvalue weighted by Crippen LogP contribution is -2.24. The summed E-state index contributed by atoms with van der Waals surface area (Å²) < 4.78 is 0. The summed E-state index contributed by atoms with van der Waals surface area (Å²) in [6, 6.07) is 19.5. The fourth-order valence-corrected chi connectivity index (χ4v) is 2.39. The number of hydrogen-bond donors (Lipinski definition) is 2. The Balaban J connectivity index is 1.47. The molecule has 2 N–H and O–H groups in total. The lowest BCUT2D eigenvalue weighted by Gasteiger charge is -2.08. The maximum absolute atomic E-state index is 12.1. The van der Waals surface area contributed by atoms with E-state index in [9.17, 15) is 4.79 Å². The summed E-state index contributed by atoms with van der Waals surface area (Å²) in [5, 5.41) is 6.13. The molecule has 0 radical (unpaired) electrons. The normalized spacial score (nSPS) is 10.2.